The number of H-pyrrole nitrogens is 2. The molecule has 4 aromatic rings. The fraction of sp³-hybridized carbons (Fsp3) is 0.261. The van der Waals surface area contributed by atoms with E-state index >= 15 is 0 Å². The fourth-order valence-corrected chi connectivity index (χ4v) is 3.72. The summed E-state index contributed by atoms with van der Waals surface area (Å²) in [4.78, 5) is 30.7. The molecule has 0 aliphatic carbocycles. The monoisotopic (exact) mass is 402 g/mol. The molecule has 0 atom stereocenters. The minimum absolute atomic E-state index is 0.105. The fourth-order valence-electron chi connectivity index (χ4n) is 3.72. The average Bonchev–Trinajstić information content (AvgIpc) is 3.40. The number of rotatable bonds is 5. The summed E-state index contributed by atoms with van der Waals surface area (Å²) in [7, 11) is 0. The number of nitrogens with zero attached hydrogens (tertiary/aromatic N) is 3. The normalized spacial score (nSPS) is 11.4. The molecular formula is C23H26N6O. The Balaban J connectivity index is 1.74. The van der Waals surface area contributed by atoms with Gasteiger partial charge in [0, 0.05) is 30.2 Å². The highest BCUT2D eigenvalue weighted by atomic mass is 16.2. The zero-order valence-electron chi connectivity index (χ0n) is 17.6. The summed E-state index contributed by atoms with van der Waals surface area (Å²) < 4.78 is 0. The highest BCUT2D eigenvalue weighted by Crippen LogP contribution is 2.30. The SMILES string of the molecule is CC(C)N(C(=O)Nc1ccc2nc(-c3ccc[nH]3)c(-c3ccc[nH]3)nc2c1)C(C)C. The summed E-state index contributed by atoms with van der Waals surface area (Å²) in [6.45, 7) is 8.04. The summed E-state index contributed by atoms with van der Waals surface area (Å²) in [5.74, 6) is 0. The van der Waals surface area contributed by atoms with Gasteiger partial charge >= 0.3 is 6.03 Å². The van der Waals surface area contributed by atoms with Crippen LogP contribution in [0.3, 0.4) is 0 Å². The Morgan fingerprint density at radius 1 is 0.867 bits per heavy atom. The summed E-state index contributed by atoms with van der Waals surface area (Å²) >= 11 is 0. The van der Waals surface area contributed by atoms with Gasteiger partial charge in [0.2, 0.25) is 0 Å². The van der Waals surface area contributed by atoms with Gasteiger partial charge in [0.15, 0.2) is 0 Å². The van der Waals surface area contributed by atoms with E-state index in [9.17, 15) is 4.79 Å². The maximum atomic E-state index is 12.8. The zero-order valence-corrected chi connectivity index (χ0v) is 17.6. The number of hydrogen-bond donors (Lipinski definition) is 3. The van der Waals surface area contributed by atoms with Crippen molar-refractivity contribution in [1.29, 1.82) is 0 Å². The number of aromatic amines is 2. The molecule has 3 N–H and O–H groups in total. The van der Waals surface area contributed by atoms with Gasteiger partial charge in [-0.25, -0.2) is 14.8 Å². The largest absolute Gasteiger partial charge is 0.360 e. The molecule has 30 heavy (non-hydrogen) atoms. The summed E-state index contributed by atoms with van der Waals surface area (Å²) in [5, 5.41) is 3.00. The molecule has 4 rings (SSSR count). The lowest BCUT2D eigenvalue weighted by atomic mass is 10.1. The van der Waals surface area contributed by atoms with Gasteiger partial charge in [-0.3, -0.25) is 0 Å². The van der Waals surface area contributed by atoms with Crippen LogP contribution in [-0.2, 0) is 0 Å². The first kappa shape index (κ1) is 19.7. The van der Waals surface area contributed by atoms with Crippen molar-refractivity contribution in [3.63, 3.8) is 0 Å². The minimum atomic E-state index is -0.125. The number of carbonyl (C=O) groups excluding carboxylic acids is 1. The second-order valence-corrected chi connectivity index (χ2v) is 7.82. The maximum absolute atomic E-state index is 12.8. The second-order valence-electron chi connectivity index (χ2n) is 7.82. The van der Waals surface area contributed by atoms with Gasteiger partial charge < -0.3 is 20.2 Å². The first-order valence-corrected chi connectivity index (χ1v) is 10.1. The van der Waals surface area contributed by atoms with Crippen molar-refractivity contribution in [3.05, 3.63) is 54.9 Å². The molecule has 0 unspecified atom stereocenters. The van der Waals surface area contributed by atoms with Crippen LogP contribution in [0, 0.1) is 0 Å². The Labute approximate surface area is 175 Å². The van der Waals surface area contributed by atoms with Gasteiger partial charge in [0.1, 0.15) is 11.4 Å². The number of amides is 2. The Hall–Kier alpha value is -3.61. The molecule has 0 saturated heterocycles. The Morgan fingerprint density at radius 3 is 1.93 bits per heavy atom. The molecule has 0 aliphatic rings. The molecule has 7 nitrogen and oxygen atoms in total. The molecular weight excluding hydrogens is 376 g/mol. The van der Waals surface area contributed by atoms with Crippen molar-refractivity contribution in [2.45, 2.75) is 39.8 Å². The van der Waals surface area contributed by atoms with Crippen molar-refractivity contribution >= 4 is 22.8 Å². The number of urea groups is 1. The van der Waals surface area contributed by atoms with Gasteiger partial charge in [-0.2, -0.15) is 0 Å². The van der Waals surface area contributed by atoms with Crippen molar-refractivity contribution in [3.8, 4) is 22.8 Å². The molecule has 0 aliphatic heterocycles. The van der Waals surface area contributed by atoms with Gasteiger partial charge in [-0.05, 0) is 70.2 Å². The quantitative estimate of drug-likeness (QED) is 0.425. The van der Waals surface area contributed by atoms with E-state index in [1.807, 2.05) is 87.5 Å². The first-order valence-electron chi connectivity index (χ1n) is 10.1. The van der Waals surface area contributed by atoms with Crippen LogP contribution in [0.5, 0.6) is 0 Å². The minimum Gasteiger partial charge on any atom is -0.360 e. The van der Waals surface area contributed by atoms with Gasteiger partial charge in [0.25, 0.3) is 0 Å². The Morgan fingerprint density at radius 2 is 1.43 bits per heavy atom. The number of benzene rings is 1. The topological polar surface area (TPSA) is 89.7 Å². The molecule has 2 amide bonds. The lowest BCUT2D eigenvalue weighted by Gasteiger charge is -2.30. The van der Waals surface area contributed by atoms with E-state index in [1.165, 1.54) is 0 Å². The number of carbonyl (C=O) groups is 1. The van der Waals surface area contributed by atoms with E-state index in [1.54, 1.807) is 0 Å². The number of fused-ring (bicyclic) bond motifs is 1. The highest BCUT2D eigenvalue weighted by Gasteiger charge is 2.20. The van der Waals surface area contributed by atoms with Gasteiger partial charge in [-0.15, -0.1) is 0 Å². The van der Waals surface area contributed by atoms with Crippen LogP contribution >= 0.6 is 0 Å². The molecule has 3 heterocycles. The third-order valence-corrected chi connectivity index (χ3v) is 4.97. The van der Waals surface area contributed by atoms with Crippen molar-refractivity contribution < 1.29 is 4.79 Å². The molecule has 0 bridgehead atoms. The van der Waals surface area contributed by atoms with Crippen LogP contribution in [-0.4, -0.2) is 43.0 Å². The van der Waals surface area contributed by atoms with Crippen LogP contribution in [0.25, 0.3) is 33.8 Å². The van der Waals surface area contributed by atoms with E-state index in [0.29, 0.717) is 11.2 Å². The standard InChI is InChI=1S/C23H26N6O/c1-14(2)29(15(3)4)23(30)26-16-9-10-17-20(13-16)28-22(19-8-6-12-25-19)21(27-17)18-7-5-11-24-18/h5-15,24-25H,1-4H3,(H,26,30). The first-order chi connectivity index (χ1) is 14.4. The van der Waals surface area contributed by atoms with Crippen LogP contribution in [0.15, 0.2) is 54.9 Å². The van der Waals surface area contributed by atoms with E-state index in [2.05, 4.69) is 15.3 Å². The van der Waals surface area contributed by atoms with Crippen molar-refractivity contribution in [2.75, 3.05) is 5.32 Å². The zero-order chi connectivity index (χ0) is 21.3. The van der Waals surface area contributed by atoms with Crippen LogP contribution in [0.4, 0.5) is 10.5 Å². The number of aromatic nitrogens is 4. The van der Waals surface area contributed by atoms with Crippen LogP contribution in [0.2, 0.25) is 0 Å². The highest BCUT2D eigenvalue weighted by molar-refractivity contribution is 5.93. The Kier molecular flexibility index (Phi) is 5.27. The molecule has 1 aromatic carbocycles. The molecule has 7 heteroatoms. The van der Waals surface area contributed by atoms with Crippen molar-refractivity contribution in [1.82, 2.24) is 24.8 Å². The molecule has 0 spiro atoms. The maximum Gasteiger partial charge on any atom is 0.322 e. The lowest BCUT2D eigenvalue weighted by Crippen LogP contribution is -2.44. The van der Waals surface area contributed by atoms with E-state index in [-0.39, 0.29) is 18.1 Å². The summed E-state index contributed by atoms with van der Waals surface area (Å²) in [6.07, 6.45) is 3.73. The van der Waals surface area contributed by atoms with Crippen molar-refractivity contribution in [2.24, 2.45) is 0 Å². The summed E-state index contributed by atoms with van der Waals surface area (Å²) in [6, 6.07) is 13.5. The molecule has 0 radical (unpaired) electrons. The van der Waals surface area contributed by atoms with E-state index in [4.69, 9.17) is 9.97 Å². The third-order valence-electron chi connectivity index (χ3n) is 4.97. The smallest absolute Gasteiger partial charge is 0.322 e. The van der Waals surface area contributed by atoms with Crippen LogP contribution in [0.1, 0.15) is 27.7 Å². The molecule has 0 saturated carbocycles. The number of anilines is 1. The third kappa shape index (κ3) is 3.78. The molecule has 3 aromatic heterocycles. The molecule has 0 fully saturated rings. The van der Waals surface area contributed by atoms with Gasteiger partial charge in [-0.1, -0.05) is 0 Å². The molecule has 154 valence electrons. The summed E-state index contributed by atoms with van der Waals surface area (Å²) in [5.41, 5.74) is 5.48. The van der Waals surface area contributed by atoms with Gasteiger partial charge in [0.05, 0.1) is 22.4 Å². The van der Waals surface area contributed by atoms with Crippen LogP contribution < -0.4 is 5.32 Å². The predicted molar refractivity (Wildman–Crippen MR) is 120 cm³/mol. The predicted octanol–water partition coefficient (Wildman–Crippen LogP) is 5.27. The number of hydrogen-bond acceptors (Lipinski definition) is 3. The average molecular weight is 403 g/mol. The van der Waals surface area contributed by atoms with E-state index in [0.717, 1.165) is 28.3 Å². The second kappa shape index (κ2) is 8.02. The van der Waals surface area contributed by atoms with E-state index < -0.39 is 0 Å². The lowest BCUT2D eigenvalue weighted by molar-refractivity contribution is 0.178. The number of nitrogens with one attached hydrogen (secondary N) is 3. The Bertz CT molecular complexity index is 1140.